The minimum Gasteiger partial charge on any atom is -0.383 e. The molecule has 2 saturated carbocycles. The molecule has 2 fully saturated rings. The predicted octanol–water partition coefficient (Wildman–Crippen LogP) is 3.29. The fourth-order valence-electron chi connectivity index (χ4n) is 2.81. The second-order valence-corrected chi connectivity index (χ2v) is 7.68. The van der Waals surface area contributed by atoms with Crippen LogP contribution in [0, 0.1) is 11.3 Å². The molecule has 0 saturated heterocycles. The quantitative estimate of drug-likeness (QED) is 0.877. The predicted molar refractivity (Wildman–Crippen MR) is 72.5 cm³/mol. The lowest BCUT2D eigenvalue weighted by atomic mass is 10.0. The van der Waals surface area contributed by atoms with Crippen molar-refractivity contribution in [2.24, 2.45) is 11.3 Å². The Balaban J connectivity index is 1.80. The van der Waals surface area contributed by atoms with Crippen molar-refractivity contribution in [2.45, 2.75) is 36.3 Å². The second kappa shape index (κ2) is 4.69. The Hall–Kier alpha value is -1.17. The van der Waals surface area contributed by atoms with Crippen molar-refractivity contribution in [3.63, 3.8) is 0 Å². The third kappa shape index (κ3) is 2.41. The molecule has 0 aromatic heterocycles. The van der Waals surface area contributed by atoms with E-state index in [1.54, 1.807) is 12.1 Å². The highest BCUT2D eigenvalue weighted by Gasteiger charge is 2.53. The van der Waals surface area contributed by atoms with Gasteiger partial charge in [-0.3, -0.25) is 0 Å². The third-order valence-corrected chi connectivity index (χ3v) is 5.83. The summed E-state index contributed by atoms with van der Waals surface area (Å²) in [7, 11) is -4.56. The van der Waals surface area contributed by atoms with Crippen molar-refractivity contribution in [1.82, 2.24) is 0 Å². The summed E-state index contributed by atoms with van der Waals surface area (Å²) in [5.41, 5.74) is 0.571. The van der Waals surface area contributed by atoms with Crippen LogP contribution in [0.2, 0.25) is 0 Å². The SMILES string of the molecule is O=S(=O)(c1ccccc1NCC1(C2CC2)CC1)C(F)F. The zero-order chi connectivity index (χ0) is 14.4. The monoisotopic (exact) mass is 301 g/mol. The van der Waals surface area contributed by atoms with Gasteiger partial charge in [-0.2, -0.15) is 8.78 Å². The summed E-state index contributed by atoms with van der Waals surface area (Å²) < 4.78 is 48.7. The van der Waals surface area contributed by atoms with Gasteiger partial charge in [0.15, 0.2) is 0 Å². The summed E-state index contributed by atoms with van der Waals surface area (Å²) >= 11 is 0. The van der Waals surface area contributed by atoms with Crippen molar-refractivity contribution in [3.8, 4) is 0 Å². The first kappa shape index (κ1) is 13.8. The van der Waals surface area contributed by atoms with Gasteiger partial charge in [0, 0.05) is 6.54 Å². The highest BCUT2D eigenvalue weighted by molar-refractivity contribution is 7.91. The number of alkyl halides is 2. The summed E-state index contributed by atoms with van der Waals surface area (Å²) in [4.78, 5) is -0.304. The van der Waals surface area contributed by atoms with E-state index in [4.69, 9.17) is 0 Å². The maximum absolute atomic E-state index is 12.7. The molecule has 1 N–H and O–H groups in total. The zero-order valence-corrected chi connectivity index (χ0v) is 11.8. The van der Waals surface area contributed by atoms with Crippen LogP contribution in [-0.4, -0.2) is 20.7 Å². The Bertz CT molecular complexity index is 607. The van der Waals surface area contributed by atoms with E-state index in [0.717, 1.165) is 18.8 Å². The van der Waals surface area contributed by atoms with Crippen molar-refractivity contribution in [1.29, 1.82) is 0 Å². The fraction of sp³-hybridized carbons (Fsp3) is 0.571. The lowest BCUT2D eigenvalue weighted by Gasteiger charge is -2.18. The molecule has 20 heavy (non-hydrogen) atoms. The van der Waals surface area contributed by atoms with Gasteiger partial charge in [0.2, 0.25) is 9.84 Å². The molecule has 0 unspecified atom stereocenters. The van der Waals surface area contributed by atoms with Gasteiger partial charge < -0.3 is 5.32 Å². The molecular weight excluding hydrogens is 284 g/mol. The van der Waals surface area contributed by atoms with Crippen LogP contribution in [0.4, 0.5) is 14.5 Å². The number of rotatable bonds is 6. The van der Waals surface area contributed by atoms with Gasteiger partial charge in [0.05, 0.1) is 10.6 Å². The average Bonchev–Trinajstić information content (AvgIpc) is 3.27. The molecule has 0 bridgehead atoms. The summed E-state index contributed by atoms with van der Waals surface area (Å²) in [6.07, 6.45) is 4.76. The minimum atomic E-state index is -4.56. The van der Waals surface area contributed by atoms with Gasteiger partial charge in [-0.25, -0.2) is 8.42 Å². The van der Waals surface area contributed by atoms with Crippen LogP contribution >= 0.6 is 0 Å². The molecule has 1 aromatic carbocycles. The molecule has 0 atom stereocenters. The summed E-state index contributed by atoms with van der Waals surface area (Å²) in [5, 5.41) is 3.09. The average molecular weight is 301 g/mol. The van der Waals surface area contributed by atoms with Gasteiger partial charge in [-0.1, -0.05) is 12.1 Å². The topological polar surface area (TPSA) is 46.2 Å². The van der Waals surface area contributed by atoms with E-state index >= 15 is 0 Å². The van der Waals surface area contributed by atoms with Crippen LogP contribution in [0.5, 0.6) is 0 Å². The largest absolute Gasteiger partial charge is 0.383 e. The van der Waals surface area contributed by atoms with Crippen molar-refractivity contribution in [2.75, 3.05) is 11.9 Å². The normalized spacial score (nSPS) is 20.9. The first-order valence-corrected chi connectivity index (χ1v) is 8.35. The summed E-state index contributed by atoms with van der Waals surface area (Å²) in [6.45, 7) is 0.674. The Morgan fingerprint density at radius 3 is 2.45 bits per heavy atom. The van der Waals surface area contributed by atoms with E-state index in [0.29, 0.717) is 12.2 Å². The van der Waals surface area contributed by atoms with Gasteiger partial charge in [-0.05, 0) is 49.1 Å². The molecule has 2 aliphatic carbocycles. The maximum Gasteiger partial charge on any atom is 0.341 e. The van der Waals surface area contributed by atoms with E-state index in [-0.39, 0.29) is 10.3 Å². The van der Waals surface area contributed by atoms with Crippen molar-refractivity contribution in [3.05, 3.63) is 24.3 Å². The number of halogens is 2. The molecular formula is C14H17F2NO2S. The lowest BCUT2D eigenvalue weighted by molar-refractivity contribution is 0.235. The highest BCUT2D eigenvalue weighted by Crippen LogP contribution is 2.61. The number of benzene rings is 1. The van der Waals surface area contributed by atoms with Crippen LogP contribution in [0.15, 0.2) is 29.2 Å². The van der Waals surface area contributed by atoms with Crippen LogP contribution in [0.3, 0.4) is 0 Å². The van der Waals surface area contributed by atoms with Crippen molar-refractivity contribution >= 4 is 15.5 Å². The molecule has 0 spiro atoms. The maximum atomic E-state index is 12.7. The highest BCUT2D eigenvalue weighted by atomic mass is 32.2. The van der Waals surface area contributed by atoms with E-state index < -0.39 is 15.6 Å². The molecule has 0 radical (unpaired) electrons. The minimum absolute atomic E-state index is 0.279. The molecule has 3 nitrogen and oxygen atoms in total. The Morgan fingerprint density at radius 2 is 1.90 bits per heavy atom. The van der Waals surface area contributed by atoms with E-state index in [1.165, 1.54) is 25.0 Å². The smallest absolute Gasteiger partial charge is 0.341 e. The fourth-order valence-corrected chi connectivity index (χ4v) is 3.72. The van der Waals surface area contributed by atoms with E-state index in [9.17, 15) is 17.2 Å². The molecule has 1 aromatic rings. The number of hydrogen-bond acceptors (Lipinski definition) is 3. The number of anilines is 1. The Labute approximate surface area is 117 Å². The molecule has 0 aliphatic heterocycles. The molecule has 2 aliphatic rings. The molecule has 110 valence electrons. The first-order chi connectivity index (χ1) is 9.46. The van der Waals surface area contributed by atoms with Crippen LogP contribution in [-0.2, 0) is 9.84 Å². The standard InChI is InChI=1S/C14H17F2NO2S/c15-13(16)20(18,19)12-4-2-1-3-11(12)17-9-14(7-8-14)10-5-6-10/h1-4,10,13,17H,5-9H2. The summed E-state index contributed by atoms with van der Waals surface area (Å²) in [5.74, 6) is -2.65. The van der Waals surface area contributed by atoms with E-state index in [1.807, 2.05) is 0 Å². The number of hydrogen-bond donors (Lipinski definition) is 1. The Morgan fingerprint density at radius 1 is 1.25 bits per heavy atom. The van der Waals surface area contributed by atoms with Gasteiger partial charge in [-0.15, -0.1) is 0 Å². The zero-order valence-electron chi connectivity index (χ0n) is 11.0. The number of para-hydroxylation sites is 1. The van der Waals surface area contributed by atoms with Crippen molar-refractivity contribution < 1.29 is 17.2 Å². The lowest BCUT2D eigenvalue weighted by Crippen LogP contribution is -2.20. The third-order valence-electron chi connectivity index (χ3n) is 4.39. The number of sulfone groups is 1. The second-order valence-electron chi connectivity index (χ2n) is 5.79. The number of nitrogens with one attached hydrogen (secondary N) is 1. The molecule has 3 rings (SSSR count). The molecule has 0 amide bonds. The van der Waals surface area contributed by atoms with Crippen LogP contribution < -0.4 is 5.32 Å². The summed E-state index contributed by atoms with van der Waals surface area (Å²) in [6, 6.07) is 5.91. The van der Waals surface area contributed by atoms with Gasteiger partial charge >= 0.3 is 5.76 Å². The first-order valence-electron chi connectivity index (χ1n) is 6.81. The van der Waals surface area contributed by atoms with Gasteiger partial charge in [0.1, 0.15) is 0 Å². The van der Waals surface area contributed by atoms with Gasteiger partial charge in [0.25, 0.3) is 0 Å². The molecule has 6 heteroatoms. The van der Waals surface area contributed by atoms with E-state index in [2.05, 4.69) is 5.32 Å². The molecule has 0 heterocycles. The van der Waals surface area contributed by atoms with Crippen LogP contribution in [0.1, 0.15) is 25.7 Å². The Kier molecular flexibility index (Phi) is 3.23. The van der Waals surface area contributed by atoms with Crippen LogP contribution in [0.25, 0.3) is 0 Å².